The third-order valence-corrected chi connectivity index (χ3v) is 11.6. The average molecular weight is 403 g/mol. The standard InChI is InChI=1S/C26H42O3/c1-16(6-9-23(27)29-5)19-7-8-20-18-14-22(28-4)26-15-17(26)10-13-25(26,3)21(18)11-12-24(19,20)2/h16-22H,6-15H2,1-5H3/t16-,17?,18?,19?,20?,21?,22?,24?,25-,26?/m1/s1. The summed E-state index contributed by atoms with van der Waals surface area (Å²) in [6.07, 6.45) is 13.3. The number of carbonyl (C=O) groups excluding carboxylic acids is 1. The molecule has 5 aliphatic rings. The molecule has 5 fully saturated rings. The molecular formula is C26H42O3. The van der Waals surface area contributed by atoms with E-state index in [1.807, 2.05) is 7.11 Å². The molecule has 164 valence electrons. The zero-order chi connectivity index (χ0) is 20.6. The van der Waals surface area contributed by atoms with E-state index in [9.17, 15) is 4.79 Å². The van der Waals surface area contributed by atoms with Gasteiger partial charge in [-0.1, -0.05) is 20.8 Å². The van der Waals surface area contributed by atoms with Crippen LogP contribution in [0.2, 0.25) is 0 Å². The summed E-state index contributed by atoms with van der Waals surface area (Å²) in [5.74, 6) is 4.92. The van der Waals surface area contributed by atoms with Crippen molar-refractivity contribution in [2.24, 2.45) is 51.8 Å². The molecule has 10 atom stereocenters. The summed E-state index contributed by atoms with van der Waals surface area (Å²) < 4.78 is 11.1. The Balaban J connectivity index is 1.37. The molecule has 0 aromatic heterocycles. The molecule has 3 heteroatoms. The van der Waals surface area contributed by atoms with Crippen molar-refractivity contribution >= 4 is 5.97 Å². The van der Waals surface area contributed by atoms with Crippen LogP contribution in [-0.4, -0.2) is 26.3 Å². The molecule has 0 aromatic rings. The van der Waals surface area contributed by atoms with E-state index in [0.717, 1.165) is 36.0 Å². The van der Waals surface area contributed by atoms with E-state index < -0.39 is 0 Å². The van der Waals surface area contributed by atoms with E-state index in [-0.39, 0.29) is 5.97 Å². The number of fused-ring (bicyclic) bond motifs is 4. The highest BCUT2D eigenvalue weighted by molar-refractivity contribution is 5.69. The van der Waals surface area contributed by atoms with Crippen molar-refractivity contribution in [1.82, 2.24) is 0 Å². The van der Waals surface area contributed by atoms with Crippen molar-refractivity contribution < 1.29 is 14.3 Å². The van der Waals surface area contributed by atoms with Gasteiger partial charge in [-0.25, -0.2) is 0 Å². The zero-order valence-electron chi connectivity index (χ0n) is 19.3. The number of hydrogen-bond acceptors (Lipinski definition) is 3. The Kier molecular flexibility index (Phi) is 4.71. The largest absolute Gasteiger partial charge is 0.469 e. The Morgan fingerprint density at radius 2 is 1.86 bits per heavy atom. The summed E-state index contributed by atoms with van der Waals surface area (Å²) in [6.45, 7) is 7.68. The van der Waals surface area contributed by atoms with E-state index in [2.05, 4.69) is 20.8 Å². The third kappa shape index (κ3) is 2.55. The molecule has 0 amide bonds. The second-order valence-electron chi connectivity index (χ2n) is 12.1. The van der Waals surface area contributed by atoms with Crippen LogP contribution in [-0.2, 0) is 14.3 Å². The summed E-state index contributed by atoms with van der Waals surface area (Å²) in [5, 5.41) is 0. The van der Waals surface area contributed by atoms with Crippen LogP contribution >= 0.6 is 0 Å². The maximum Gasteiger partial charge on any atom is 0.305 e. The molecule has 0 heterocycles. The van der Waals surface area contributed by atoms with Crippen LogP contribution in [0.15, 0.2) is 0 Å². The summed E-state index contributed by atoms with van der Waals surface area (Å²) in [6, 6.07) is 0. The van der Waals surface area contributed by atoms with Crippen LogP contribution in [0.1, 0.15) is 85.0 Å². The monoisotopic (exact) mass is 402 g/mol. The first-order chi connectivity index (χ1) is 13.8. The maximum atomic E-state index is 11.7. The number of hydrogen-bond donors (Lipinski definition) is 0. The molecule has 3 nitrogen and oxygen atoms in total. The van der Waals surface area contributed by atoms with Crippen molar-refractivity contribution in [3.8, 4) is 0 Å². The number of rotatable bonds is 5. The van der Waals surface area contributed by atoms with Crippen molar-refractivity contribution in [3.05, 3.63) is 0 Å². The molecule has 8 unspecified atom stereocenters. The first-order valence-corrected chi connectivity index (χ1v) is 12.4. The van der Waals surface area contributed by atoms with Gasteiger partial charge < -0.3 is 9.47 Å². The summed E-state index contributed by atoms with van der Waals surface area (Å²) >= 11 is 0. The number of esters is 1. The van der Waals surface area contributed by atoms with Gasteiger partial charge in [-0.2, -0.15) is 0 Å². The minimum Gasteiger partial charge on any atom is -0.469 e. The predicted octanol–water partition coefficient (Wildman–Crippen LogP) is 5.86. The fourth-order valence-corrected chi connectivity index (χ4v) is 10.2. The Morgan fingerprint density at radius 1 is 1.07 bits per heavy atom. The van der Waals surface area contributed by atoms with E-state index >= 15 is 0 Å². The lowest BCUT2D eigenvalue weighted by Crippen LogP contribution is -2.57. The fourth-order valence-electron chi connectivity index (χ4n) is 10.2. The smallest absolute Gasteiger partial charge is 0.305 e. The van der Waals surface area contributed by atoms with Gasteiger partial charge in [-0.15, -0.1) is 0 Å². The SMILES string of the molecule is COC(=O)CC[C@@H](C)C1CCC2C3CC(OC)C45CC4CC[C@]5(C)C3CCC21C. The van der Waals surface area contributed by atoms with Gasteiger partial charge in [0.15, 0.2) is 0 Å². The van der Waals surface area contributed by atoms with E-state index in [0.29, 0.717) is 34.7 Å². The molecule has 0 aromatic carbocycles. The van der Waals surface area contributed by atoms with Crippen LogP contribution in [0.5, 0.6) is 0 Å². The maximum absolute atomic E-state index is 11.7. The number of methoxy groups -OCH3 is 2. The second-order valence-corrected chi connectivity index (χ2v) is 12.1. The lowest BCUT2D eigenvalue weighted by Gasteiger charge is -2.61. The van der Waals surface area contributed by atoms with Gasteiger partial charge in [0.25, 0.3) is 0 Å². The zero-order valence-corrected chi connectivity index (χ0v) is 19.3. The van der Waals surface area contributed by atoms with Gasteiger partial charge in [-0.05, 0) is 104 Å². The number of ether oxygens (including phenoxy) is 2. The molecule has 0 N–H and O–H groups in total. The van der Waals surface area contributed by atoms with Crippen LogP contribution in [0.3, 0.4) is 0 Å². The fraction of sp³-hybridized carbons (Fsp3) is 0.962. The molecule has 29 heavy (non-hydrogen) atoms. The normalized spacial score (nSPS) is 53.4. The first-order valence-electron chi connectivity index (χ1n) is 12.4. The molecule has 5 saturated carbocycles. The van der Waals surface area contributed by atoms with Crippen LogP contribution in [0, 0.1) is 51.8 Å². The Labute approximate surface area is 177 Å². The molecule has 5 rings (SSSR count). The third-order valence-electron chi connectivity index (χ3n) is 11.6. The average Bonchev–Trinajstić information content (AvgIpc) is 3.22. The van der Waals surface area contributed by atoms with E-state index in [1.165, 1.54) is 58.5 Å². The molecule has 0 radical (unpaired) electrons. The molecule has 0 bridgehead atoms. The van der Waals surface area contributed by atoms with E-state index in [4.69, 9.17) is 9.47 Å². The van der Waals surface area contributed by atoms with Crippen LogP contribution < -0.4 is 0 Å². The molecule has 0 aliphatic heterocycles. The van der Waals surface area contributed by atoms with Gasteiger partial charge in [0.1, 0.15) is 0 Å². The summed E-state index contributed by atoms with van der Waals surface area (Å²) in [7, 11) is 3.50. The Bertz CT molecular complexity index is 675. The lowest BCUT2D eigenvalue weighted by molar-refractivity contribution is -0.161. The second kappa shape index (κ2) is 6.71. The van der Waals surface area contributed by atoms with Gasteiger partial charge in [-0.3, -0.25) is 4.79 Å². The van der Waals surface area contributed by atoms with Gasteiger partial charge in [0.2, 0.25) is 0 Å². The summed E-state index contributed by atoms with van der Waals surface area (Å²) in [4.78, 5) is 11.7. The van der Waals surface area contributed by atoms with Crippen molar-refractivity contribution in [3.63, 3.8) is 0 Å². The van der Waals surface area contributed by atoms with Crippen molar-refractivity contribution in [2.75, 3.05) is 14.2 Å². The first kappa shape index (κ1) is 20.3. The quantitative estimate of drug-likeness (QED) is 0.540. The van der Waals surface area contributed by atoms with Crippen molar-refractivity contribution in [1.29, 1.82) is 0 Å². The lowest BCUT2D eigenvalue weighted by atomic mass is 9.45. The molecular weight excluding hydrogens is 360 g/mol. The van der Waals surface area contributed by atoms with Crippen LogP contribution in [0.25, 0.3) is 0 Å². The van der Waals surface area contributed by atoms with E-state index in [1.54, 1.807) is 0 Å². The highest BCUT2D eigenvalue weighted by Gasteiger charge is 2.77. The molecule has 0 saturated heterocycles. The number of carbonyl (C=O) groups is 1. The topological polar surface area (TPSA) is 35.5 Å². The predicted molar refractivity (Wildman–Crippen MR) is 114 cm³/mol. The minimum absolute atomic E-state index is 0.0473. The van der Waals surface area contributed by atoms with Crippen molar-refractivity contribution in [2.45, 2.75) is 91.1 Å². The van der Waals surface area contributed by atoms with Gasteiger partial charge in [0, 0.05) is 18.9 Å². The van der Waals surface area contributed by atoms with Gasteiger partial charge >= 0.3 is 5.97 Å². The summed E-state index contributed by atoms with van der Waals surface area (Å²) in [5.41, 5.74) is 1.51. The molecule has 1 spiro atoms. The Hall–Kier alpha value is -0.570. The highest BCUT2D eigenvalue weighted by atomic mass is 16.5. The minimum atomic E-state index is -0.0473. The van der Waals surface area contributed by atoms with Gasteiger partial charge in [0.05, 0.1) is 13.2 Å². The highest BCUT2D eigenvalue weighted by Crippen LogP contribution is 2.82. The molecule has 5 aliphatic carbocycles. The van der Waals surface area contributed by atoms with Crippen LogP contribution in [0.4, 0.5) is 0 Å². The Morgan fingerprint density at radius 3 is 2.55 bits per heavy atom.